The number of carbonyl (C=O) groups excluding carboxylic acids is 1. The van der Waals surface area contributed by atoms with E-state index in [0.717, 1.165) is 16.9 Å². The van der Waals surface area contributed by atoms with Gasteiger partial charge in [-0.25, -0.2) is 14.7 Å². The highest BCUT2D eigenvalue weighted by Gasteiger charge is 2.37. The number of hydrogen-bond donors (Lipinski definition) is 0. The first-order valence-corrected chi connectivity index (χ1v) is 8.04. The molecule has 1 atom stereocenters. The number of ether oxygens (including phenoxy) is 1. The predicted molar refractivity (Wildman–Crippen MR) is 83.4 cm³/mol. The van der Waals surface area contributed by atoms with Crippen molar-refractivity contribution in [2.45, 2.75) is 12.5 Å². The third-order valence-corrected chi connectivity index (χ3v) is 4.58. The van der Waals surface area contributed by atoms with Crippen LogP contribution in [0.25, 0.3) is 10.8 Å². The van der Waals surface area contributed by atoms with Crippen LogP contribution in [0.1, 0.15) is 23.9 Å². The van der Waals surface area contributed by atoms with Gasteiger partial charge in [0, 0.05) is 0 Å². The lowest BCUT2D eigenvalue weighted by atomic mass is 10.1. The molecule has 0 spiro atoms. The van der Waals surface area contributed by atoms with Gasteiger partial charge in [-0.2, -0.15) is 8.78 Å². The largest absolute Gasteiger partial charge is 0.447 e. The molecule has 0 aliphatic carbocycles. The van der Waals surface area contributed by atoms with E-state index in [9.17, 15) is 13.6 Å². The van der Waals surface area contributed by atoms with Crippen LogP contribution in [0.4, 0.5) is 18.7 Å². The van der Waals surface area contributed by atoms with Crippen LogP contribution in [0.3, 0.4) is 0 Å². The Bertz CT molecular complexity index is 899. The van der Waals surface area contributed by atoms with Crippen LogP contribution < -0.4 is 4.90 Å². The molecule has 25 heavy (non-hydrogen) atoms. The lowest BCUT2D eigenvalue weighted by Gasteiger charge is -2.18. The lowest BCUT2D eigenvalue weighted by molar-refractivity contribution is 0.116. The Hall–Kier alpha value is -2.88. The number of benzene rings is 1. The summed E-state index contributed by atoms with van der Waals surface area (Å²) in [5.74, 6) is -0.824. The van der Waals surface area contributed by atoms with Gasteiger partial charge in [0.1, 0.15) is 17.5 Å². The number of cyclic esters (lactones) is 1. The normalized spacial score (nSPS) is 17.3. The van der Waals surface area contributed by atoms with E-state index in [2.05, 4.69) is 15.2 Å². The van der Waals surface area contributed by atoms with Crippen molar-refractivity contribution in [2.24, 2.45) is 0 Å². The zero-order valence-electron chi connectivity index (χ0n) is 12.5. The molecule has 1 aliphatic rings. The number of aromatic nitrogens is 3. The summed E-state index contributed by atoms with van der Waals surface area (Å²) in [5.41, 5.74) is 0.905. The molecular formula is C15H10F2N4O3S. The maximum atomic E-state index is 12.6. The molecule has 128 valence electrons. The maximum absolute atomic E-state index is 12.6. The van der Waals surface area contributed by atoms with Gasteiger partial charge in [0.05, 0.1) is 6.20 Å². The summed E-state index contributed by atoms with van der Waals surface area (Å²) in [7, 11) is 0. The van der Waals surface area contributed by atoms with Gasteiger partial charge in [0.25, 0.3) is 11.8 Å². The summed E-state index contributed by atoms with van der Waals surface area (Å²) >= 11 is 1.08. The van der Waals surface area contributed by atoms with Crippen molar-refractivity contribution in [2.75, 3.05) is 11.5 Å². The lowest BCUT2D eigenvalue weighted by Crippen LogP contribution is -2.26. The third-order valence-electron chi connectivity index (χ3n) is 3.60. The van der Waals surface area contributed by atoms with E-state index in [4.69, 9.17) is 9.15 Å². The summed E-state index contributed by atoms with van der Waals surface area (Å²) in [4.78, 5) is 18.1. The van der Waals surface area contributed by atoms with E-state index in [1.165, 1.54) is 11.1 Å². The van der Waals surface area contributed by atoms with Gasteiger partial charge in [-0.3, -0.25) is 0 Å². The molecule has 1 aromatic carbocycles. The van der Waals surface area contributed by atoms with Gasteiger partial charge in [-0.15, -0.1) is 10.2 Å². The van der Waals surface area contributed by atoms with E-state index in [1.807, 2.05) is 30.3 Å². The van der Waals surface area contributed by atoms with Crippen molar-refractivity contribution < 1.29 is 22.7 Å². The van der Waals surface area contributed by atoms with E-state index in [1.54, 1.807) is 0 Å². The molecule has 2 aromatic heterocycles. The van der Waals surface area contributed by atoms with Crippen LogP contribution in [0.5, 0.6) is 0 Å². The smallest absolute Gasteiger partial charge is 0.416 e. The van der Waals surface area contributed by atoms with Crippen molar-refractivity contribution in [1.29, 1.82) is 0 Å². The number of anilines is 1. The van der Waals surface area contributed by atoms with E-state index < -0.39 is 18.4 Å². The summed E-state index contributed by atoms with van der Waals surface area (Å²) in [5, 5.41) is 7.23. The second-order valence-corrected chi connectivity index (χ2v) is 6.14. The van der Waals surface area contributed by atoms with Crippen LogP contribution in [-0.4, -0.2) is 27.9 Å². The summed E-state index contributed by atoms with van der Waals surface area (Å²) in [6.45, 7) is 0.202. The fraction of sp³-hybridized carbons (Fsp3) is 0.200. The minimum Gasteiger partial charge on any atom is -0.447 e. The van der Waals surface area contributed by atoms with E-state index in [-0.39, 0.29) is 18.5 Å². The number of alkyl halides is 2. The number of carbonyl (C=O) groups is 1. The molecule has 3 heterocycles. The molecule has 3 aromatic rings. The molecule has 0 N–H and O–H groups in total. The number of thiazole rings is 1. The third kappa shape index (κ3) is 2.84. The Morgan fingerprint density at radius 1 is 1.24 bits per heavy atom. The molecule has 0 saturated carbocycles. The second kappa shape index (κ2) is 6.20. The van der Waals surface area contributed by atoms with Crippen molar-refractivity contribution in [3.63, 3.8) is 0 Å². The standard InChI is InChI=1S/C15H10F2N4O3S/c16-11(17)13-20-19-12(24-13)10-6-18-14(25-10)21-9(7-23-15(21)22)8-4-2-1-3-5-8/h1-6,9,11H,7H2. The zero-order valence-corrected chi connectivity index (χ0v) is 13.3. The average Bonchev–Trinajstić information content (AvgIpc) is 3.34. The molecule has 1 aliphatic heterocycles. The van der Waals surface area contributed by atoms with Crippen LogP contribution in [0, 0.1) is 0 Å². The highest BCUT2D eigenvalue weighted by molar-refractivity contribution is 7.19. The molecular weight excluding hydrogens is 354 g/mol. The SMILES string of the molecule is O=C1OCC(c2ccccc2)N1c1ncc(-c2nnc(C(F)F)o2)s1. The Balaban J connectivity index is 1.64. The van der Waals surface area contributed by atoms with Gasteiger partial charge in [-0.05, 0) is 5.56 Å². The van der Waals surface area contributed by atoms with Crippen molar-refractivity contribution in [1.82, 2.24) is 15.2 Å². The van der Waals surface area contributed by atoms with Gasteiger partial charge in [-0.1, -0.05) is 41.7 Å². The van der Waals surface area contributed by atoms with Gasteiger partial charge in [0.2, 0.25) is 0 Å². The molecule has 1 amide bonds. The Morgan fingerprint density at radius 2 is 2.04 bits per heavy atom. The number of halogens is 2. The first-order valence-electron chi connectivity index (χ1n) is 7.22. The summed E-state index contributed by atoms with van der Waals surface area (Å²) in [6, 6.07) is 9.08. The number of rotatable bonds is 4. The Labute approximate surface area is 143 Å². The van der Waals surface area contributed by atoms with Crippen molar-refractivity contribution in [3.8, 4) is 10.8 Å². The first kappa shape index (κ1) is 15.6. The fourth-order valence-corrected chi connectivity index (χ4v) is 3.33. The highest BCUT2D eigenvalue weighted by atomic mass is 32.1. The Kier molecular flexibility index (Phi) is 3.88. The fourth-order valence-electron chi connectivity index (χ4n) is 2.45. The average molecular weight is 364 g/mol. The van der Waals surface area contributed by atoms with Crippen LogP contribution in [0.15, 0.2) is 40.9 Å². The Morgan fingerprint density at radius 3 is 2.76 bits per heavy atom. The highest BCUT2D eigenvalue weighted by Crippen LogP contribution is 2.38. The molecule has 0 radical (unpaired) electrons. The monoisotopic (exact) mass is 364 g/mol. The first-order chi connectivity index (χ1) is 12.1. The molecule has 4 rings (SSSR count). The summed E-state index contributed by atoms with van der Waals surface area (Å²) < 4.78 is 35.2. The quantitative estimate of drug-likeness (QED) is 0.700. The van der Waals surface area contributed by atoms with Gasteiger partial charge >= 0.3 is 12.5 Å². The topological polar surface area (TPSA) is 81.4 Å². The van der Waals surface area contributed by atoms with E-state index in [0.29, 0.717) is 10.0 Å². The van der Waals surface area contributed by atoms with Crippen molar-refractivity contribution >= 4 is 22.6 Å². The van der Waals surface area contributed by atoms with Crippen LogP contribution in [0.2, 0.25) is 0 Å². The molecule has 1 saturated heterocycles. The van der Waals surface area contributed by atoms with Gasteiger partial charge < -0.3 is 9.15 Å². The maximum Gasteiger partial charge on any atom is 0.416 e. The number of hydrogen-bond acceptors (Lipinski definition) is 7. The zero-order chi connectivity index (χ0) is 17.4. The minimum absolute atomic E-state index is 0.0668. The van der Waals surface area contributed by atoms with E-state index >= 15 is 0 Å². The molecule has 1 fully saturated rings. The van der Waals surface area contributed by atoms with Crippen molar-refractivity contribution in [3.05, 3.63) is 48.0 Å². The van der Waals surface area contributed by atoms with Crippen LogP contribution in [-0.2, 0) is 4.74 Å². The minimum atomic E-state index is -2.84. The van der Waals surface area contributed by atoms with Gasteiger partial charge in [0.15, 0.2) is 5.13 Å². The number of amides is 1. The number of nitrogens with zero attached hydrogens (tertiary/aromatic N) is 4. The van der Waals surface area contributed by atoms with Crippen LogP contribution >= 0.6 is 11.3 Å². The summed E-state index contributed by atoms with van der Waals surface area (Å²) in [6.07, 6.45) is -1.96. The second-order valence-electron chi connectivity index (χ2n) is 5.13. The molecule has 10 heteroatoms. The molecule has 1 unspecified atom stereocenters. The predicted octanol–water partition coefficient (Wildman–Crippen LogP) is 3.83. The molecule has 7 nitrogen and oxygen atoms in total. The molecule has 0 bridgehead atoms.